The molecule has 0 unspecified atom stereocenters. The van der Waals surface area contributed by atoms with Crippen molar-refractivity contribution in [2.45, 2.75) is 37.2 Å². The Bertz CT molecular complexity index is 1250. The van der Waals surface area contributed by atoms with Crippen LogP contribution in [0.25, 0.3) is 0 Å². The van der Waals surface area contributed by atoms with Crippen LogP contribution in [0.3, 0.4) is 0 Å². The maximum atomic E-state index is 6.61. The smallest absolute Gasteiger partial charge is 0.177 e. The first kappa shape index (κ1) is 24.1. The number of unbranched alkanes of at least 4 members (excludes halogenated alkanes) is 1. The van der Waals surface area contributed by atoms with Crippen LogP contribution in [0.2, 0.25) is 0 Å². The minimum Gasteiger partial charge on any atom is -0.497 e. The molecule has 0 saturated carbocycles. The molecule has 0 heterocycles. The van der Waals surface area contributed by atoms with Crippen molar-refractivity contribution in [3.8, 4) is 28.7 Å². The summed E-state index contributed by atoms with van der Waals surface area (Å²) in [6, 6.07) is 16.5. The van der Waals surface area contributed by atoms with E-state index in [0.29, 0.717) is 17.2 Å². The van der Waals surface area contributed by atoms with Crippen LogP contribution in [-0.2, 0) is 15.8 Å². The standard InChI is InChI=1S/C30H32O6/c1-8-9-13-29-20-11-10-12-23(33-4)26(20)30(36-7,27-21(29)14-18(31-2)16-24(27)34-5)28-22(29)15-19(32-3)17-25(28)35-6/h11,14-17H,8-9,13H2,1-7H3. The summed E-state index contributed by atoms with van der Waals surface area (Å²) >= 11 is 0. The summed E-state index contributed by atoms with van der Waals surface area (Å²) in [7, 11) is 10.1. The maximum absolute atomic E-state index is 6.61. The summed E-state index contributed by atoms with van der Waals surface area (Å²) in [6.07, 6.45) is 2.85. The van der Waals surface area contributed by atoms with E-state index in [4.69, 9.17) is 28.4 Å². The Balaban J connectivity index is 2.08. The lowest BCUT2D eigenvalue weighted by atomic mass is 9.49. The minimum absolute atomic E-state index is 0.571. The second-order valence-electron chi connectivity index (χ2n) is 9.13. The number of benzene rings is 2. The van der Waals surface area contributed by atoms with Crippen molar-refractivity contribution in [1.82, 2.24) is 0 Å². The molecule has 2 bridgehead atoms. The zero-order valence-electron chi connectivity index (χ0n) is 22.0. The zero-order valence-corrected chi connectivity index (χ0v) is 22.0. The number of hydrogen-bond donors (Lipinski definition) is 0. The molecule has 0 radical (unpaired) electrons. The van der Waals surface area contributed by atoms with Crippen LogP contribution < -0.4 is 23.7 Å². The van der Waals surface area contributed by atoms with Crippen LogP contribution in [0.4, 0.5) is 0 Å². The summed E-state index contributed by atoms with van der Waals surface area (Å²) in [6.45, 7) is 2.20. The lowest BCUT2D eigenvalue weighted by Gasteiger charge is -2.56. The first-order chi connectivity index (χ1) is 17.5. The number of hydrogen-bond acceptors (Lipinski definition) is 6. The molecule has 0 aliphatic heterocycles. The average Bonchev–Trinajstić information content (AvgIpc) is 2.94. The van der Waals surface area contributed by atoms with Gasteiger partial charge in [0.05, 0.1) is 35.5 Å². The fraction of sp³-hybridized carbons (Fsp3) is 0.400. The molecule has 0 N–H and O–H groups in total. The highest BCUT2D eigenvalue weighted by atomic mass is 16.5. The van der Waals surface area contributed by atoms with Gasteiger partial charge in [0.15, 0.2) is 11.4 Å². The first-order valence-corrected chi connectivity index (χ1v) is 12.1. The predicted octanol–water partition coefficient (Wildman–Crippen LogP) is 5.42. The second-order valence-corrected chi connectivity index (χ2v) is 9.13. The van der Waals surface area contributed by atoms with E-state index in [1.54, 1.807) is 42.7 Å². The molecule has 3 aromatic rings. The van der Waals surface area contributed by atoms with E-state index in [-0.39, 0.29) is 0 Å². The van der Waals surface area contributed by atoms with Crippen molar-refractivity contribution in [3.05, 3.63) is 75.8 Å². The predicted molar refractivity (Wildman–Crippen MR) is 136 cm³/mol. The Morgan fingerprint density at radius 2 is 1.28 bits per heavy atom. The van der Waals surface area contributed by atoms with Crippen LogP contribution in [0.15, 0.2) is 30.3 Å². The topological polar surface area (TPSA) is 55.4 Å². The molecule has 3 aliphatic rings. The van der Waals surface area contributed by atoms with Gasteiger partial charge in [-0.05, 0) is 47.4 Å². The average molecular weight is 489 g/mol. The van der Waals surface area contributed by atoms with Gasteiger partial charge in [0.1, 0.15) is 23.0 Å². The molecule has 0 aromatic heterocycles. The van der Waals surface area contributed by atoms with Gasteiger partial charge in [-0.2, -0.15) is 0 Å². The second kappa shape index (κ2) is 8.83. The fourth-order valence-electron chi connectivity index (χ4n) is 6.37. The van der Waals surface area contributed by atoms with Crippen LogP contribution in [0.1, 0.15) is 59.6 Å². The molecule has 0 fully saturated rings. The Labute approximate surface area is 213 Å². The summed E-state index contributed by atoms with van der Waals surface area (Å²) in [5.74, 6) is 3.38. The van der Waals surface area contributed by atoms with Gasteiger partial charge in [-0.3, -0.25) is 0 Å². The Kier molecular flexibility index (Phi) is 5.92. The maximum Gasteiger partial charge on any atom is 0.177 e. The van der Waals surface area contributed by atoms with Gasteiger partial charge in [0.25, 0.3) is 0 Å². The lowest BCUT2D eigenvalue weighted by molar-refractivity contribution is 0.0375. The summed E-state index contributed by atoms with van der Waals surface area (Å²) < 4.78 is 36.1. The van der Waals surface area contributed by atoms with Gasteiger partial charge < -0.3 is 28.4 Å². The summed E-state index contributed by atoms with van der Waals surface area (Å²) in [4.78, 5) is 0. The molecule has 0 amide bonds. The number of ether oxygens (including phenoxy) is 6. The Morgan fingerprint density at radius 3 is 1.72 bits per heavy atom. The van der Waals surface area contributed by atoms with E-state index in [2.05, 4.69) is 31.2 Å². The highest BCUT2D eigenvalue weighted by Gasteiger charge is 2.63. The first-order valence-electron chi connectivity index (χ1n) is 12.1. The van der Waals surface area contributed by atoms with Gasteiger partial charge in [-0.15, -0.1) is 0 Å². The summed E-state index contributed by atoms with van der Waals surface area (Å²) in [5.41, 5.74) is 4.31. The third-order valence-corrected chi connectivity index (χ3v) is 7.81. The number of methoxy groups -OCH3 is 6. The highest BCUT2D eigenvalue weighted by Crippen LogP contribution is 2.69. The molecule has 3 aliphatic carbocycles. The molecule has 188 valence electrons. The monoisotopic (exact) mass is 488 g/mol. The van der Waals surface area contributed by atoms with Crippen molar-refractivity contribution in [1.29, 1.82) is 0 Å². The highest BCUT2D eigenvalue weighted by molar-refractivity contribution is 5.81. The quantitative estimate of drug-likeness (QED) is 0.401. The van der Waals surface area contributed by atoms with Crippen molar-refractivity contribution >= 4 is 0 Å². The molecule has 3 aromatic carbocycles. The normalized spacial score (nSPS) is 20.5. The molecular formula is C30H32O6. The van der Waals surface area contributed by atoms with Crippen molar-refractivity contribution in [2.24, 2.45) is 0 Å². The van der Waals surface area contributed by atoms with Gasteiger partial charge in [0.2, 0.25) is 0 Å². The van der Waals surface area contributed by atoms with E-state index < -0.39 is 11.0 Å². The molecule has 6 rings (SSSR count). The lowest BCUT2D eigenvalue weighted by Crippen LogP contribution is -2.52. The molecule has 0 saturated heterocycles. The van der Waals surface area contributed by atoms with E-state index in [0.717, 1.165) is 64.1 Å². The third kappa shape index (κ3) is 2.84. The third-order valence-electron chi connectivity index (χ3n) is 7.81. The van der Waals surface area contributed by atoms with E-state index >= 15 is 0 Å². The molecule has 0 spiro atoms. The van der Waals surface area contributed by atoms with Crippen LogP contribution in [-0.4, -0.2) is 42.7 Å². The van der Waals surface area contributed by atoms with Gasteiger partial charge >= 0.3 is 0 Å². The van der Waals surface area contributed by atoms with Gasteiger partial charge in [-0.25, -0.2) is 0 Å². The zero-order chi connectivity index (χ0) is 25.7. The Hall–Kier alpha value is -3.56. The van der Waals surface area contributed by atoms with Gasteiger partial charge in [0, 0.05) is 41.3 Å². The minimum atomic E-state index is -1.08. The molecule has 36 heavy (non-hydrogen) atoms. The molecule has 6 nitrogen and oxygen atoms in total. The van der Waals surface area contributed by atoms with E-state index in [9.17, 15) is 0 Å². The molecular weight excluding hydrogens is 456 g/mol. The van der Waals surface area contributed by atoms with E-state index in [1.165, 1.54) is 0 Å². The van der Waals surface area contributed by atoms with E-state index in [1.807, 2.05) is 18.2 Å². The molecule has 6 heteroatoms. The van der Waals surface area contributed by atoms with Crippen molar-refractivity contribution in [3.63, 3.8) is 0 Å². The largest absolute Gasteiger partial charge is 0.497 e. The SMILES string of the molecule is CCCCC12c3cc#cc(OC)c3C(OC)(c3c(OC)cc(OC)cc31)c1c(OC)cc(OC)cc12. The van der Waals surface area contributed by atoms with Gasteiger partial charge in [-0.1, -0.05) is 25.8 Å². The van der Waals surface area contributed by atoms with Crippen LogP contribution >= 0.6 is 0 Å². The van der Waals surface area contributed by atoms with Crippen molar-refractivity contribution in [2.75, 3.05) is 42.7 Å². The van der Waals surface area contributed by atoms with Crippen LogP contribution in [0, 0.1) is 12.1 Å². The van der Waals surface area contributed by atoms with Crippen LogP contribution in [0.5, 0.6) is 28.7 Å². The number of rotatable bonds is 9. The van der Waals surface area contributed by atoms with Crippen molar-refractivity contribution < 1.29 is 28.4 Å². The molecule has 0 atom stereocenters. The summed E-state index contributed by atoms with van der Waals surface area (Å²) in [5, 5.41) is 0. The Morgan fingerprint density at radius 1 is 0.694 bits per heavy atom. The fourth-order valence-corrected chi connectivity index (χ4v) is 6.37.